The zero-order valence-corrected chi connectivity index (χ0v) is 11.7. The van der Waals surface area contributed by atoms with Crippen molar-refractivity contribution >= 4 is 27.5 Å². The molecule has 0 fully saturated rings. The van der Waals surface area contributed by atoms with Crippen molar-refractivity contribution in [3.63, 3.8) is 0 Å². The Balaban J connectivity index is 2.21. The van der Waals surface area contributed by atoms with Crippen LogP contribution >= 0.6 is 15.9 Å². The van der Waals surface area contributed by atoms with E-state index in [4.69, 9.17) is 4.74 Å². The van der Waals surface area contributed by atoms with E-state index in [9.17, 15) is 9.18 Å². The van der Waals surface area contributed by atoms with Crippen LogP contribution in [0, 0.1) is 5.82 Å². The van der Waals surface area contributed by atoms with Crippen LogP contribution in [0.1, 0.15) is 10.4 Å². The molecule has 0 saturated heterocycles. The van der Waals surface area contributed by atoms with E-state index in [2.05, 4.69) is 21.2 Å². The maximum Gasteiger partial charge on any atom is 0.259 e. The van der Waals surface area contributed by atoms with Crippen molar-refractivity contribution < 1.29 is 13.9 Å². The van der Waals surface area contributed by atoms with Crippen LogP contribution in [0.4, 0.5) is 10.1 Å². The Hall–Kier alpha value is -1.88. The topological polar surface area (TPSA) is 38.3 Å². The Bertz CT molecular complexity index is 579. The van der Waals surface area contributed by atoms with E-state index in [0.717, 1.165) is 0 Å². The molecule has 0 radical (unpaired) electrons. The first kappa shape index (κ1) is 13.5. The van der Waals surface area contributed by atoms with E-state index in [1.165, 1.54) is 12.1 Å². The van der Waals surface area contributed by atoms with Gasteiger partial charge in [-0.05, 0) is 52.3 Å². The van der Waals surface area contributed by atoms with E-state index in [1.807, 2.05) is 0 Å². The molecule has 2 rings (SSSR count). The number of benzene rings is 2. The summed E-state index contributed by atoms with van der Waals surface area (Å²) in [6, 6.07) is 11.2. The zero-order chi connectivity index (χ0) is 13.8. The molecule has 3 nitrogen and oxygen atoms in total. The minimum absolute atomic E-state index is 0.0154. The summed E-state index contributed by atoms with van der Waals surface area (Å²) in [5.74, 6) is -0.388. The second-order valence-corrected chi connectivity index (χ2v) is 4.63. The number of carbonyl (C=O) groups excluding carboxylic acids is 1. The Morgan fingerprint density at radius 2 is 1.89 bits per heavy atom. The first-order valence-electron chi connectivity index (χ1n) is 5.51. The molecule has 0 saturated carbocycles. The quantitative estimate of drug-likeness (QED) is 0.931. The first-order valence-corrected chi connectivity index (χ1v) is 6.30. The fourth-order valence-corrected chi connectivity index (χ4v) is 2.10. The van der Waals surface area contributed by atoms with Crippen molar-refractivity contribution in [3.05, 3.63) is 58.3 Å². The molecule has 98 valence electrons. The summed E-state index contributed by atoms with van der Waals surface area (Å²) in [6.07, 6.45) is 0. The third-order valence-corrected chi connectivity index (χ3v) is 3.20. The Labute approximate surface area is 118 Å². The lowest BCUT2D eigenvalue weighted by Crippen LogP contribution is -2.14. The van der Waals surface area contributed by atoms with Crippen molar-refractivity contribution in [2.75, 3.05) is 12.4 Å². The molecule has 2 aromatic rings. The normalized spacial score (nSPS) is 10.1. The molecule has 0 spiro atoms. The van der Waals surface area contributed by atoms with Crippen LogP contribution in [0.5, 0.6) is 5.75 Å². The summed E-state index contributed by atoms with van der Waals surface area (Å²) in [6.45, 7) is 0. The van der Waals surface area contributed by atoms with Gasteiger partial charge in [0.25, 0.3) is 5.91 Å². The lowest BCUT2D eigenvalue weighted by molar-refractivity contribution is 0.102. The predicted octanol–water partition coefficient (Wildman–Crippen LogP) is 3.85. The monoisotopic (exact) mass is 323 g/mol. The minimum atomic E-state index is -0.569. The van der Waals surface area contributed by atoms with Crippen molar-refractivity contribution in [3.8, 4) is 5.75 Å². The number of carbonyl (C=O) groups is 1. The third-order valence-electron chi connectivity index (χ3n) is 2.54. The van der Waals surface area contributed by atoms with E-state index < -0.39 is 11.7 Å². The van der Waals surface area contributed by atoms with E-state index >= 15 is 0 Å². The highest BCUT2D eigenvalue weighted by atomic mass is 79.9. The molecular weight excluding hydrogens is 313 g/mol. The van der Waals surface area contributed by atoms with Gasteiger partial charge in [0, 0.05) is 10.2 Å². The maximum absolute atomic E-state index is 13.6. The summed E-state index contributed by atoms with van der Waals surface area (Å²) in [4.78, 5) is 12.0. The Morgan fingerprint density at radius 1 is 1.21 bits per heavy atom. The van der Waals surface area contributed by atoms with Gasteiger partial charge in [0.15, 0.2) is 0 Å². The molecule has 0 aliphatic heterocycles. The molecule has 0 heterocycles. The number of rotatable bonds is 3. The molecule has 0 unspecified atom stereocenters. The van der Waals surface area contributed by atoms with Crippen molar-refractivity contribution in [2.45, 2.75) is 0 Å². The molecule has 0 bridgehead atoms. The van der Waals surface area contributed by atoms with Crippen LogP contribution in [-0.4, -0.2) is 13.0 Å². The third kappa shape index (κ3) is 3.12. The molecule has 5 heteroatoms. The summed E-state index contributed by atoms with van der Waals surface area (Å²) >= 11 is 3.16. The number of halogens is 2. The van der Waals surface area contributed by atoms with Gasteiger partial charge in [0.05, 0.1) is 12.7 Å². The van der Waals surface area contributed by atoms with Crippen LogP contribution in [-0.2, 0) is 0 Å². The van der Waals surface area contributed by atoms with E-state index in [1.54, 1.807) is 37.4 Å². The van der Waals surface area contributed by atoms with Crippen LogP contribution in [0.3, 0.4) is 0 Å². The van der Waals surface area contributed by atoms with Crippen molar-refractivity contribution in [2.24, 2.45) is 0 Å². The smallest absolute Gasteiger partial charge is 0.259 e. The number of amides is 1. The van der Waals surface area contributed by atoms with Gasteiger partial charge in [-0.25, -0.2) is 4.39 Å². The number of hydrogen-bond acceptors (Lipinski definition) is 2. The second-order valence-electron chi connectivity index (χ2n) is 3.78. The van der Waals surface area contributed by atoms with Crippen LogP contribution < -0.4 is 10.1 Å². The number of ether oxygens (including phenoxy) is 1. The highest BCUT2D eigenvalue weighted by Crippen LogP contribution is 2.22. The first-order chi connectivity index (χ1) is 9.11. The standard InChI is InChI=1S/C14H11BrFNO2/c1-19-10-7-5-9(6-8-10)17-14(18)13-11(15)3-2-4-12(13)16/h2-8H,1H3,(H,17,18). The maximum atomic E-state index is 13.6. The van der Waals surface area contributed by atoms with E-state index in [0.29, 0.717) is 15.9 Å². The zero-order valence-electron chi connectivity index (χ0n) is 10.1. The van der Waals surface area contributed by atoms with Gasteiger partial charge in [-0.2, -0.15) is 0 Å². The molecule has 0 aliphatic carbocycles. The lowest BCUT2D eigenvalue weighted by atomic mass is 10.2. The van der Waals surface area contributed by atoms with E-state index in [-0.39, 0.29) is 5.56 Å². The number of methoxy groups -OCH3 is 1. The molecule has 0 aliphatic rings. The van der Waals surface area contributed by atoms with Crippen LogP contribution in [0.2, 0.25) is 0 Å². The number of hydrogen-bond donors (Lipinski definition) is 1. The van der Waals surface area contributed by atoms with Gasteiger partial charge in [-0.1, -0.05) is 6.07 Å². The number of anilines is 1. The molecule has 1 amide bonds. The van der Waals surface area contributed by atoms with Crippen molar-refractivity contribution in [1.82, 2.24) is 0 Å². The summed E-state index contributed by atoms with van der Waals surface area (Å²) in [7, 11) is 1.56. The van der Waals surface area contributed by atoms with Gasteiger partial charge < -0.3 is 10.1 Å². The highest BCUT2D eigenvalue weighted by molar-refractivity contribution is 9.10. The average molecular weight is 324 g/mol. The van der Waals surface area contributed by atoms with Gasteiger partial charge in [-0.3, -0.25) is 4.79 Å². The largest absolute Gasteiger partial charge is 0.497 e. The Morgan fingerprint density at radius 3 is 2.47 bits per heavy atom. The number of nitrogens with one attached hydrogen (secondary N) is 1. The molecule has 19 heavy (non-hydrogen) atoms. The Kier molecular flexibility index (Phi) is 4.16. The van der Waals surface area contributed by atoms with Gasteiger partial charge in [-0.15, -0.1) is 0 Å². The summed E-state index contributed by atoms with van der Waals surface area (Å²) in [5.41, 5.74) is 0.555. The summed E-state index contributed by atoms with van der Waals surface area (Å²) < 4.78 is 19.0. The van der Waals surface area contributed by atoms with Crippen LogP contribution in [0.15, 0.2) is 46.9 Å². The van der Waals surface area contributed by atoms with Gasteiger partial charge >= 0.3 is 0 Å². The van der Waals surface area contributed by atoms with Crippen LogP contribution in [0.25, 0.3) is 0 Å². The SMILES string of the molecule is COc1ccc(NC(=O)c2c(F)cccc2Br)cc1. The fourth-order valence-electron chi connectivity index (χ4n) is 1.58. The molecule has 2 aromatic carbocycles. The molecule has 0 atom stereocenters. The predicted molar refractivity (Wildman–Crippen MR) is 75.0 cm³/mol. The van der Waals surface area contributed by atoms with Gasteiger partial charge in [0.2, 0.25) is 0 Å². The van der Waals surface area contributed by atoms with Gasteiger partial charge in [0.1, 0.15) is 11.6 Å². The molecule has 0 aromatic heterocycles. The summed E-state index contributed by atoms with van der Waals surface area (Å²) in [5, 5.41) is 2.63. The molecule has 1 N–H and O–H groups in total. The fraction of sp³-hybridized carbons (Fsp3) is 0.0714. The second kappa shape index (κ2) is 5.84. The average Bonchev–Trinajstić information content (AvgIpc) is 2.39. The lowest BCUT2D eigenvalue weighted by Gasteiger charge is -2.08. The molecular formula is C14H11BrFNO2. The van der Waals surface area contributed by atoms with Crippen molar-refractivity contribution in [1.29, 1.82) is 0 Å². The minimum Gasteiger partial charge on any atom is -0.497 e. The highest BCUT2D eigenvalue weighted by Gasteiger charge is 2.15.